The van der Waals surface area contributed by atoms with Gasteiger partial charge in [0.1, 0.15) is 5.82 Å². The first-order valence-electron chi connectivity index (χ1n) is 4.82. The fraction of sp³-hybridized carbons (Fsp3) is 0.125. The normalized spacial score (nSPS) is 10.1. The van der Waals surface area contributed by atoms with Gasteiger partial charge < -0.3 is 15.3 Å². The van der Waals surface area contributed by atoms with Gasteiger partial charge in [0.15, 0.2) is 5.82 Å². The standard InChI is InChI=1S/C8H9N7O3/c9-13-6-2-1-5(15(16)17)8(12-6)10-3-7-11-4-18-14-7/h1-2,4H,3,9H2,(H2,10,12,13). The zero-order valence-corrected chi connectivity index (χ0v) is 9.03. The minimum Gasteiger partial charge on any atom is -0.357 e. The number of nitrogens with zero attached hydrogens (tertiary/aromatic N) is 4. The average Bonchev–Trinajstić information content (AvgIpc) is 2.88. The van der Waals surface area contributed by atoms with E-state index in [0.717, 1.165) is 6.39 Å². The molecular formula is C8H9N7O3. The summed E-state index contributed by atoms with van der Waals surface area (Å²) in [6.45, 7) is 0.151. The molecule has 0 saturated carbocycles. The van der Waals surface area contributed by atoms with Gasteiger partial charge in [0.2, 0.25) is 12.2 Å². The second-order valence-corrected chi connectivity index (χ2v) is 3.17. The molecule has 0 spiro atoms. The molecule has 0 aliphatic heterocycles. The number of nitrogens with two attached hydrogens (primary N) is 1. The highest BCUT2D eigenvalue weighted by atomic mass is 16.6. The average molecular weight is 251 g/mol. The van der Waals surface area contributed by atoms with Crippen LogP contribution in [0.4, 0.5) is 17.3 Å². The van der Waals surface area contributed by atoms with Crippen LogP contribution in [0.2, 0.25) is 0 Å². The third kappa shape index (κ3) is 2.49. The summed E-state index contributed by atoms with van der Waals surface area (Å²) < 4.78 is 4.54. The predicted octanol–water partition coefficient (Wildman–Crippen LogP) is 0.270. The van der Waals surface area contributed by atoms with Gasteiger partial charge in [0.05, 0.1) is 11.5 Å². The Kier molecular flexibility index (Phi) is 3.29. The lowest BCUT2D eigenvalue weighted by atomic mass is 10.3. The zero-order valence-electron chi connectivity index (χ0n) is 9.03. The highest BCUT2D eigenvalue weighted by Gasteiger charge is 2.16. The van der Waals surface area contributed by atoms with Crippen molar-refractivity contribution in [3.63, 3.8) is 0 Å². The van der Waals surface area contributed by atoms with Crippen molar-refractivity contribution in [2.24, 2.45) is 5.84 Å². The smallest absolute Gasteiger partial charge is 0.311 e. The summed E-state index contributed by atoms with van der Waals surface area (Å²) >= 11 is 0. The summed E-state index contributed by atoms with van der Waals surface area (Å²) in [6.07, 6.45) is 1.16. The third-order valence-corrected chi connectivity index (χ3v) is 2.04. The van der Waals surface area contributed by atoms with Crippen molar-refractivity contribution >= 4 is 17.3 Å². The Labute approximate surface area is 100 Å². The molecular weight excluding hydrogens is 242 g/mol. The van der Waals surface area contributed by atoms with E-state index in [1.54, 1.807) is 0 Å². The maximum absolute atomic E-state index is 10.8. The molecule has 2 heterocycles. The fourth-order valence-electron chi connectivity index (χ4n) is 1.24. The molecule has 0 aliphatic carbocycles. The van der Waals surface area contributed by atoms with Crippen LogP contribution in [0.15, 0.2) is 23.0 Å². The molecule has 0 saturated heterocycles. The molecule has 0 aromatic carbocycles. The third-order valence-electron chi connectivity index (χ3n) is 2.04. The van der Waals surface area contributed by atoms with Gasteiger partial charge in [-0.05, 0) is 6.07 Å². The molecule has 2 aromatic heterocycles. The molecule has 0 radical (unpaired) electrons. The minimum atomic E-state index is -0.550. The molecule has 10 nitrogen and oxygen atoms in total. The lowest BCUT2D eigenvalue weighted by molar-refractivity contribution is -0.384. The molecule has 2 rings (SSSR count). The van der Waals surface area contributed by atoms with Gasteiger partial charge in [-0.15, -0.1) is 0 Å². The summed E-state index contributed by atoms with van der Waals surface area (Å²) in [5.41, 5.74) is 2.13. The van der Waals surface area contributed by atoms with E-state index < -0.39 is 4.92 Å². The van der Waals surface area contributed by atoms with Gasteiger partial charge >= 0.3 is 5.69 Å². The van der Waals surface area contributed by atoms with E-state index in [2.05, 4.69) is 30.4 Å². The molecule has 18 heavy (non-hydrogen) atoms. The number of nitrogens with one attached hydrogen (secondary N) is 2. The van der Waals surface area contributed by atoms with Crippen LogP contribution >= 0.6 is 0 Å². The number of hydrogen-bond acceptors (Lipinski definition) is 9. The Balaban J connectivity index is 2.20. The number of hydrogen-bond donors (Lipinski definition) is 3. The van der Waals surface area contributed by atoms with E-state index >= 15 is 0 Å². The van der Waals surface area contributed by atoms with E-state index in [9.17, 15) is 10.1 Å². The number of aromatic nitrogens is 3. The predicted molar refractivity (Wildman–Crippen MR) is 60.3 cm³/mol. The lowest BCUT2D eigenvalue weighted by Crippen LogP contribution is -2.11. The van der Waals surface area contributed by atoms with Crippen LogP contribution in [0.1, 0.15) is 5.82 Å². The zero-order chi connectivity index (χ0) is 13.0. The second-order valence-electron chi connectivity index (χ2n) is 3.17. The molecule has 0 fully saturated rings. The van der Waals surface area contributed by atoms with Crippen molar-refractivity contribution in [2.45, 2.75) is 6.54 Å². The van der Waals surface area contributed by atoms with Crippen molar-refractivity contribution in [3.05, 3.63) is 34.5 Å². The molecule has 94 valence electrons. The molecule has 4 N–H and O–H groups in total. The van der Waals surface area contributed by atoms with Crippen LogP contribution in [0.3, 0.4) is 0 Å². The van der Waals surface area contributed by atoms with Crippen molar-refractivity contribution in [1.82, 2.24) is 15.1 Å². The Morgan fingerprint density at radius 1 is 1.50 bits per heavy atom. The van der Waals surface area contributed by atoms with E-state index in [-0.39, 0.29) is 18.1 Å². The molecule has 0 aliphatic rings. The van der Waals surface area contributed by atoms with Crippen LogP contribution in [0.5, 0.6) is 0 Å². The van der Waals surface area contributed by atoms with E-state index in [1.165, 1.54) is 12.1 Å². The largest absolute Gasteiger partial charge is 0.357 e. The number of anilines is 2. The first-order valence-corrected chi connectivity index (χ1v) is 4.82. The van der Waals surface area contributed by atoms with Crippen LogP contribution in [0, 0.1) is 10.1 Å². The Hall–Kier alpha value is -2.75. The monoisotopic (exact) mass is 251 g/mol. The van der Waals surface area contributed by atoms with Gasteiger partial charge in [-0.25, -0.2) is 10.8 Å². The van der Waals surface area contributed by atoms with Crippen LogP contribution in [-0.2, 0) is 6.54 Å². The summed E-state index contributed by atoms with van der Waals surface area (Å²) in [6, 6.07) is 2.69. The Bertz CT molecular complexity index is 542. The second kappa shape index (κ2) is 5.05. The molecule has 2 aromatic rings. The van der Waals surface area contributed by atoms with Crippen molar-refractivity contribution in [1.29, 1.82) is 0 Å². The van der Waals surface area contributed by atoms with E-state index in [1.807, 2.05) is 0 Å². The van der Waals surface area contributed by atoms with E-state index in [0.29, 0.717) is 11.6 Å². The van der Waals surface area contributed by atoms with Crippen LogP contribution in [-0.4, -0.2) is 20.0 Å². The number of nitro groups is 1. The maximum atomic E-state index is 10.8. The summed E-state index contributed by atoms with van der Waals surface area (Å²) in [5, 5.41) is 17.1. The minimum absolute atomic E-state index is 0.0697. The molecule has 10 heteroatoms. The highest BCUT2D eigenvalue weighted by molar-refractivity contribution is 5.59. The van der Waals surface area contributed by atoms with Gasteiger partial charge in [-0.2, -0.15) is 4.98 Å². The number of hydrazine groups is 1. The highest BCUT2D eigenvalue weighted by Crippen LogP contribution is 2.23. The topological polar surface area (TPSA) is 145 Å². The van der Waals surface area contributed by atoms with E-state index in [4.69, 9.17) is 5.84 Å². The Morgan fingerprint density at radius 2 is 2.33 bits per heavy atom. The first-order chi connectivity index (χ1) is 8.70. The number of nitrogen functional groups attached to an aromatic ring is 1. The Morgan fingerprint density at radius 3 is 2.94 bits per heavy atom. The maximum Gasteiger partial charge on any atom is 0.311 e. The van der Waals surface area contributed by atoms with Crippen molar-refractivity contribution in [3.8, 4) is 0 Å². The number of rotatable bonds is 5. The quantitative estimate of drug-likeness (QED) is 0.387. The number of pyridine rings is 1. The summed E-state index contributed by atoms with van der Waals surface area (Å²) in [5.74, 6) is 5.92. The SMILES string of the molecule is NNc1ccc([N+](=O)[O-])c(NCc2ncon2)n1. The fourth-order valence-corrected chi connectivity index (χ4v) is 1.24. The summed E-state index contributed by atoms with van der Waals surface area (Å²) in [4.78, 5) is 18.0. The molecule has 0 bridgehead atoms. The molecule has 0 atom stereocenters. The summed E-state index contributed by atoms with van der Waals surface area (Å²) in [7, 11) is 0. The lowest BCUT2D eigenvalue weighted by Gasteiger charge is -2.05. The van der Waals surface area contributed by atoms with Crippen molar-refractivity contribution < 1.29 is 9.45 Å². The van der Waals surface area contributed by atoms with Gasteiger partial charge in [0.25, 0.3) is 0 Å². The van der Waals surface area contributed by atoms with Crippen LogP contribution < -0.4 is 16.6 Å². The first kappa shape index (κ1) is 11.7. The van der Waals surface area contributed by atoms with Gasteiger partial charge in [0, 0.05) is 6.07 Å². The molecule has 0 amide bonds. The van der Waals surface area contributed by atoms with Crippen LogP contribution in [0.25, 0.3) is 0 Å². The molecule has 0 unspecified atom stereocenters. The van der Waals surface area contributed by atoms with Crippen molar-refractivity contribution in [2.75, 3.05) is 10.7 Å². The van der Waals surface area contributed by atoms with Gasteiger partial charge in [-0.1, -0.05) is 5.16 Å². The van der Waals surface area contributed by atoms with Gasteiger partial charge in [-0.3, -0.25) is 10.1 Å².